The molecule has 1 aromatic heterocycles. The number of sulfonamides is 1. The van der Waals surface area contributed by atoms with Gasteiger partial charge in [0.25, 0.3) is 0 Å². The average molecular weight is 451 g/mol. The minimum atomic E-state index is -3.99. The van der Waals surface area contributed by atoms with Gasteiger partial charge in [-0.15, -0.1) is 0 Å². The van der Waals surface area contributed by atoms with Gasteiger partial charge in [-0.1, -0.05) is 42.5 Å². The van der Waals surface area contributed by atoms with Crippen LogP contribution >= 0.6 is 0 Å². The molecule has 0 spiro atoms. The van der Waals surface area contributed by atoms with Crippen LogP contribution in [0.25, 0.3) is 22.6 Å². The third kappa shape index (κ3) is 4.37. The van der Waals surface area contributed by atoms with E-state index in [2.05, 4.69) is 0 Å². The molecule has 0 saturated heterocycles. The molecule has 0 bridgehead atoms. The van der Waals surface area contributed by atoms with Crippen molar-refractivity contribution in [1.82, 2.24) is 4.98 Å². The predicted octanol–water partition coefficient (Wildman–Crippen LogP) is 4.26. The second kappa shape index (κ2) is 8.86. The average Bonchev–Trinajstić information content (AvgIpc) is 3.22. The number of benzene rings is 3. The SMILES string of the molecule is COc1ccc(-c2nc(Cc3ccccc3)oc2-c2ccccc2S(N)(=O)=O)cc1OC. The van der Waals surface area contributed by atoms with Crippen LogP contribution in [0.4, 0.5) is 0 Å². The summed E-state index contributed by atoms with van der Waals surface area (Å²) in [6.45, 7) is 0. The molecule has 164 valence electrons. The van der Waals surface area contributed by atoms with E-state index in [1.807, 2.05) is 36.4 Å². The van der Waals surface area contributed by atoms with E-state index in [1.165, 1.54) is 6.07 Å². The minimum Gasteiger partial charge on any atom is -0.493 e. The lowest BCUT2D eigenvalue weighted by atomic mass is 10.1. The molecule has 0 fully saturated rings. The van der Waals surface area contributed by atoms with Crippen molar-refractivity contribution in [2.75, 3.05) is 14.2 Å². The van der Waals surface area contributed by atoms with Crippen molar-refractivity contribution < 1.29 is 22.3 Å². The Morgan fingerprint density at radius 3 is 2.28 bits per heavy atom. The molecule has 0 aliphatic heterocycles. The Hall–Kier alpha value is -3.62. The van der Waals surface area contributed by atoms with E-state index >= 15 is 0 Å². The van der Waals surface area contributed by atoms with Gasteiger partial charge in [0.1, 0.15) is 5.69 Å². The van der Waals surface area contributed by atoms with Crippen LogP contribution in [0, 0.1) is 0 Å². The van der Waals surface area contributed by atoms with Crippen molar-refractivity contribution in [2.45, 2.75) is 11.3 Å². The summed E-state index contributed by atoms with van der Waals surface area (Å²) in [5, 5.41) is 5.47. The highest BCUT2D eigenvalue weighted by molar-refractivity contribution is 7.89. The third-order valence-electron chi connectivity index (χ3n) is 4.96. The minimum absolute atomic E-state index is 0.0378. The molecule has 7 nitrogen and oxygen atoms in total. The van der Waals surface area contributed by atoms with Crippen LogP contribution < -0.4 is 14.6 Å². The molecule has 32 heavy (non-hydrogen) atoms. The largest absolute Gasteiger partial charge is 0.493 e. The number of methoxy groups -OCH3 is 2. The summed E-state index contributed by atoms with van der Waals surface area (Å²) in [7, 11) is -0.887. The Kier molecular flexibility index (Phi) is 5.98. The molecule has 2 N–H and O–H groups in total. The van der Waals surface area contributed by atoms with E-state index in [0.717, 1.165) is 5.56 Å². The molecule has 0 aliphatic carbocycles. The van der Waals surface area contributed by atoms with Gasteiger partial charge in [-0.05, 0) is 35.9 Å². The molecule has 4 rings (SSSR count). The molecule has 0 radical (unpaired) electrons. The van der Waals surface area contributed by atoms with Crippen LogP contribution in [0.1, 0.15) is 11.5 Å². The van der Waals surface area contributed by atoms with Gasteiger partial charge in [0.15, 0.2) is 23.1 Å². The van der Waals surface area contributed by atoms with Gasteiger partial charge < -0.3 is 13.9 Å². The monoisotopic (exact) mass is 450 g/mol. The molecular formula is C24H22N2O5S. The predicted molar refractivity (Wildman–Crippen MR) is 121 cm³/mol. The van der Waals surface area contributed by atoms with Crippen molar-refractivity contribution in [3.05, 3.63) is 84.3 Å². The Labute approximate surface area is 186 Å². The number of nitrogens with two attached hydrogens (primary N) is 1. The van der Waals surface area contributed by atoms with Crippen LogP contribution in [-0.2, 0) is 16.4 Å². The van der Waals surface area contributed by atoms with Gasteiger partial charge in [-0.3, -0.25) is 0 Å². The van der Waals surface area contributed by atoms with E-state index in [1.54, 1.807) is 44.6 Å². The fourth-order valence-corrected chi connectivity index (χ4v) is 4.21. The van der Waals surface area contributed by atoms with E-state index < -0.39 is 10.0 Å². The maximum absolute atomic E-state index is 12.2. The normalized spacial score (nSPS) is 11.3. The van der Waals surface area contributed by atoms with Crippen molar-refractivity contribution in [3.63, 3.8) is 0 Å². The number of ether oxygens (including phenoxy) is 2. The first-order valence-corrected chi connectivity index (χ1v) is 11.3. The third-order valence-corrected chi connectivity index (χ3v) is 5.93. The van der Waals surface area contributed by atoms with Crippen LogP contribution in [0.5, 0.6) is 11.5 Å². The Morgan fingerprint density at radius 1 is 0.906 bits per heavy atom. The molecule has 3 aromatic carbocycles. The van der Waals surface area contributed by atoms with E-state index in [9.17, 15) is 8.42 Å². The zero-order valence-corrected chi connectivity index (χ0v) is 18.4. The van der Waals surface area contributed by atoms with Gasteiger partial charge in [-0.2, -0.15) is 0 Å². The first kappa shape index (κ1) is 21.6. The van der Waals surface area contributed by atoms with Crippen LogP contribution in [-0.4, -0.2) is 27.6 Å². The van der Waals surface area contributed by atoms with E-state index in [4.69, 9.17) is 24.0 Å². The highest BCUT2D eigenvalue weighted by Gasteiger charge is 2.24. The summed E-state index contributed by atoms with van der Waals surface area (Å²) >= 11 is 0. The van der Waals surface area contributed by atoms with Crippen LogP contribution in [0.3, 0.4) is 0 Å². The quantitative estimate of drug-likeness (QED) is 0.451. The first-order valence-electron chi connectivity index (χ1n) is 9.79. The maximum Gasteiger partial charge on any atom is 0.238 e. The van der Waals surface area contributed by atoms with Crippen molar-refractivity contribution in [2.24, 2.45) is 5.14 Å². The summed E-state index contributed by atoms with van der Waals surface area (Å²) in [6.07, 6.45) is 0.443. The Morgan fingerprint density at radius 2 is 1.59 bits per heavy atom. The number of rotatable bonds is 7. The van der Waals surface area contributed by atoms with Gasteiger partial charge >= 0.3 is 0 Å². The lowest BCUT2D eigenvalue weighted by Gasteiger charge is -2.10. The number of hydrogen-bond acceptors (Lipinski definition) is 6. The van der Waals surface area contributed by atoms with Crippen molar-refractivity contribution in [1.29, 1.82) is 0 Å². The fourth-order valence-electron chi connectivity index (χ4n) is 3.47. The molecule has 8 heteroatoms. The van der Waals surface area contributed by atoms with E-state index in [-0.39, 0.29) is 4.90 Å². The molecular weight excluding hydrogens is 428 g/mol. The summed E-state index contributed by atoms with van der Waals surface area (Å²) in [5.74, 6) is 1.84. The molecule has 0 saturated carbocycles. The summed E-state index contributed by atoms with van der Waals surface area (Å²) in [5.41, 5.74) is 2.52. The topological polar surface area (TPSA) is 105 Å². The number of hydrogen-bond donors (Lipinski definition) is 1. The zero-order chi connectivity index (χ0) is 22.7. The molecule has 4 aromatic rings. The summed E-state index contributed by atoms with van der Waals surface area (Å²) in [4.78, 5) is 4.67. The van der Waals surface area contributed by atoms with E-state index in [0.29, 0.717) is 46.4 Å². The van der Waals surface area contributed by atoms with Gasteiger partial charge in [-0.25, -0.2) is 18.5 Å². The number of primary sulfonamides is 1. The lowest BCUT2D eigenvalue weighted by molar-refractivity contribution is 0.355. The second-order valence-corrected chi connectivity index (χ2v) is 8.59. The van der Waals surface area contributed by atoms with Crippen LogP contribution in [0.2, 0.25) is 0 Å². The molecule has 1 heterocycles. The molecule has 0 unspecified atom stereocenters. The lowest BCUT2D eigenvalue weighted by Crippen LogP contribution is -2.13. The number of aromatic nitrogens is 1. The maximum atomic E-state index is 12.2. The summed E-state index contributed by atoms with van der Waals surface area (Å²) in [6, 6.07) is 21.5. The standard InChI is InChI=1S/C24H22N2O5S/c1-29-19-13-12-17(15-20(19)30-2)23-24(18-10-6-7-11-21(18)32(25,27)28)31-22(26-23)14-16-8-4-3-5-9-16/h3-13,15H,14H2,1-2H3,(H2,25,27,28). The first-order chi connectivity index (χ1) is 15.4. The Bertz CT molecular complexity index is 1350. The highest BCUT2D eigenvalue weighted by Crippen LogP contribution is 2.39. The van der Waals surface area contributed by atoms with Crippen LogP contribution in [0.15, 0.2) is 82.1 Å². The van der Waals surface area contributed by atoms with Gasteiger partial charge in [0, 0.05) is 17.5 Å². The molecule has 0 atom stereocenters. The zero-order valence-electron chi connectivity index (χ0n) is 17.6. The highest BCUT2D eigenvalue weighted by atomic mass is 32.2. The smallest absolute Gasteiger partial charge is 0.238 e. The Balaban J connectivity index is 1.91. The number of nitrogens with zero attached hydrogens (tertiary/aromatic N) is 1. The van der Waals surface area contributed by atoms with Gasteiger partial charge in [0.2, 0.25) is 10.0 Å². The van der Waals surface area contributed by atoms with Gasteiger partial charge in [0.05, 0.1) is 19.1 Å². The molecule has 0 amide bonds. The summed E-state index contributed by atoms with van der Waals surface area (Å²) < 4.78 is 41.3. The van der Waals surface area contributed by atoms with Crippen molar-refractivity contribution in [3.8, 4) is 34.1 Å². The van der Waals surface area contributed by atoms with Crippen molar-refractivity contribution >= 4 is 10.0 Å². The molecule has 0 aliphatic rings. The second-order valence-electron chi connectivity index (χ2n) is 7.06. The number of oxazole rings is 1. The fraction of sp³-hybridized carbons (Fsp3) is 0.125.